The Hall–Kier alpha value is -0.680. The maximum absolute atomic E-state index is 5.52. The Kier molecular flexibility index (Phi) is 1.54. The van der Waals surface area contributed by atoms with Crippen LogP contribution in [0.1, 0.15) is 0 Å². The Morgan fingerprint density at radius 1 is 1.45 bits per heavy atom. The lowest BCUT2D eigenvalue weighted by Crippen LogP contribution is -1.79. The monoisotopic (exact) mass is 229 g/mol. The topological polar surface area (TPSA) is 51.8 Å². The highest BCUT2D eigenvalue weighted by atomic mass is 79.9. The zero-order valence-electron chi connectivity index (χ0n) is 5.41. The van der Waals surface area contributed by atoms with E-state index in [0.29, 0.717) is 5.13 Å². The van der Waals surface area contributed by atoms with Gasteiger partial charge in [0.15, 0.2) is 5.13 Å². The van der Waals surface area contributed by atoms with E-state index in [4.69, 9.17) is 5.73 Å². The number of nitrogens with two attached hydrogens (primary N) is 1. The normalized spacial score (nSPS) is 10.6. The highest BCUT2D eigenvalue weighted by Gasteiger charge is 2.03. The average molecular weight is 230 g/mol. The number of hydrogen-bond donors (Lipinski definition) is 1. The quantitative estimate of drug-likeness (QED) is 0.753. The van der Waals surface area contributed by atoms with Gasteiger partial charge in [-0.1, -0.05) is 11.3 Å². The molecule has 0 bridgehead atoms. The third-order valence-corrected chi connectivity index (χ3v) is 2.68. The van der Waals surface area contributed by atoms with E-state index in [1.807, 2.05) is 0 Å². The average Bonchev–Trinajstić information content (AvgIpc) is 2.31. The molecule has 2 N–H and O–H groups in total. The Balaban J connectivity index is 2.90. The van der Waals surface area contributed by atoms with Crippen molar-refractivity contribution in [3.63, 3.8) is 0 Å². The van der Waals surface area contributed by atoms with Gasteiger partial charge in [-0.2, -0.15) is 0 Å². The maximum atomic E-state index is 5.52. The van der Waals surface area contributed by atoms with Crippen molar-refractivity contribution in [1.82, 2.24) is 9.97 Å². The van der Waals surface area contributed by atoms with Gasteiger partial charge >= 0.3 is 0 Å². The summed E-state index contributed by atoms with van der Waals surface area (Å²) in [6.45, 7) is 0. The van der Waals surface area contributed by atoms with Crippen molar-refractivity contribution >= 4 is 42.6 Å². The van der Waals surface area contributed by atoms with E-state index in [9.17, 15) is 0 Å². The van der Waals surface area contributed by atoms with Gasteiger partial charge in [-0.15, -0.1) is 0 Å². The zero-order valence-corrected chi connectivity index (χ0v) is 7.82. The van der Waals surface area contributed by atoms with Gasteiger partial charge in [-0.25, -0.2) is 4.98 Å². The van der Waals surface area contributed by atoms with Crippen molar-refractivity contribution in [3.8, 4) is 0 Å². The molecule has 0 aromatic carbocycles. The second-order valence-corrected chi connectivity index (χ2v) is 3.94. The first-order valence-corrected chi connectivity index (χ1v) is 4.54. The summed E-state index contributed by atoms with van der Waals surface area (Å²) in [6.07, 6.45) is 3.47. The van der Waals surface area contributed by atoms with Crippen LogP contribution in [-0.4, -0.2) is 9.97 Å². The van der Waals surface area contributed by atoms with E-state index < -0.39 is 0 Å². The first kappa shape index (κ1) is 7.00. The van der Waals surface area contributed by atoms with Crippen LogP contribution in [0.2, 0.25) is 0 Å². The van der Waals surface area contributed by atoms with Gasteiger partial charge in [0, 0.05) is 12.4 Å². The number of aromatic nitrogens is 2. The molecule has 2 heterocycles. The Morgan fingerprint density at radius 2 is 2.27 bits per heavy atom. The Bertz CT molecular complexity index is 398. The molecular weight excluding hydrogens is 226 g/mol. The maximum Gasteiger partial charge on any atom is 0.181 e. The fourth-order valence-corrected chi connectivity index (χ4v) is 2.12. The van der Waals surface area contributed by atoms with Gasteiger partial charge in [0.25, 0.3) is 0 Å². The van der Waals surface area contributed by atoms with Crippen molar-refractivity contribution in [2.45, 2.75) is 0 Å². The van der Waals surface area contributed by atoms with Gasteiger partial charge in [-0.3, -0.25) is 4.98 Å². The van der Waals surface area contributed by atoms with Crippen LogP contribution in [0.25, 0.3) is 10.2 Å². The predicted molar refractivity (Wildman–Crippen MR) is 49.5 cm³/mol. The van der Waals surface area contributed by atoms with Gasteiger partial charge in [-0.05, 0) is 15.9 Å². The molecule has 0 aliphatic heterocycles. The van der Waals surface area contributed by atoms with E-state index in [-0.39, 0.29) is 0 Å². The second-order valence-electron chi connectivity index (χ2n) is 2.02. The predicted octanol–water partition coefficient (Wildman–Crippen LogP) is 2.04. The number of fused-ring (bicyclic) bond motifs is 1. The van der Waals surface area contributed by atoms with Gasteiger partial charge < -0.3 is 5.73 Å². The van der Waals surface area contributed by atoms with Gasteiger partial charge in [0.05, 0.1) is 9.17 Å². The third kappa shape index (κ3) is 1.10. The highest BCUT2D eigenvalue weighted by Crippen LogP contribution is 2.27. The van der Waals surface area contributed by atoms with Crippen molar-refractivity contribution < 1.29 is 0 Å². The summed E-state index contributed by atoms with van der Waals surface area (Å²) in [7, 11) is 0. The van der Waals surface area contributed by atoms with E-state index in [1.54, 1.807) is 12.4 Å². The highest BCUT2D eigenvalue weighted by molar-refractivity contribution is 9.10. The lowest BCUT2D eigenvalue weighted by Gasteiger charge is -1.87. The summed E-state index contributed by atoms with van der Waals surface area (Å²) >= 11 is 4.78. The summed E-state index contributed by atoms with van der Waals surface area (Å²) in [5.74, 6) is 0. The van der Waals surface area contributed by atoms with Crippen molar-refractivity contribution in [3.05, 3.63) is 16.9 Å². The van der Waals surface area contributed by atoms with Crippen LogP contribution >= 0.6 is 27.3 Å². The largest absolute Gasteiger partial charge is 0.375 e. The number of anilines is 1. The van der Waals surface area contributed by atoms with E-state index in [1.165, 1.54) is 11.3 Å². The van der Waals surface area contributed by atoms with Crippen LogP contribution in [0.5, 0.6) is 0 Å². The lowest BCUT2D eigenvalue weighted by molar-refractivity contribution is 1.34. The molecule has 3 nitrogen and oxygen atoms in total. The van der Waals surface area contributed by atoms with Crippen LogP contribution in [0.3, 0.4) is 0 Å². The van der Waals surface area contributed by atoms with Crippen molar-refractivity contribution in [1.29, 1.82) is 0 Å². The first-order chi connectivity index (χ1) is 5.27. The molecule has 0 atom stereocenters. The Morgan fingerprint density at radius 3 is 3.00 bits per heavy atom. The van der Waals surface area contributed by atoms with E-state index in [0.717, 1.165) is 14.7 Å². The van der Waals surface area contributed by atoms with Gasteiger partial charge in [0.1, 0.15) is 5.52 Å². The molecule has 0 amide bonds. The molecule has 0 spiro atoms. The van der Waals surface area contributed by atoms with Crippen LogP contribution in [0, 0.1) is 0 Å². The number of hydrogen-bond acceptors (Lipinski definition) is 4. The van der Waals surface area contributed by atoms with Crippen LogP contribution in [0.4, 0.5) is 5.13 Å². The SMILES string of the molecule is Nc1nc2c(Br)cncc2s1. The fourth-order valence-electron chi connectivity index (χ4n) is 0.839. The smallest absolute Gasteiger partial charge is 0.181 e. The van der Waals surface area contributed by atoms with E-state index in [2.05, 4.69) is 25.9 Å². The minimum atomic E-state index is 0.578. The van der Waals surface area contributed by atoms with Crippen LogP contribution in [0.15, 0.2) is 16.9 Å². The summed E-state index contributed by atoms with van der Waals surface area (Å²) in [6, 6.07) is 0. The summed E-state index contributed by atoms with van der Waals surface area (Å²) in [5.41, 5.74) is 6.41. The van der Waals surface area contributed by atoms with Gasteiger partial charge in [0.2, 0.25) is 0 Å². The molecule has 5 heteroatoms. The summed E-state index contributed by atoms with van der Waals surface area (Å²) in [4.78, 5) is 8.12. The molecule has 0 saturated carbocycles. The molecule has 0 radical (unpaired) electrons. The minimum Gasteiger partial charge on any atom is -0.375 e. The molecule has 0 saturated heterocycles. The third-order valence-electron chi connectivity index (χ3n) is 1.28. The number of pyridine rings is 1. The number of thiazole rings is 1. The Labute approximate surface area is 75.4 Å². The van der Waals surface area contributed by atoms with Crippen molar-refractivity contribution in [2.75, 3.05) is 5.73 Å². The number of halogens is 1. The molecule has 11 heavy (non-hydrogen) atoms. The molecule has 0 fully saturated rings. The molecule has 0 unspecified atom stereocenters. The number of rotatable bonds is 0. The summed E-state index contributed by atoms with van der Waals surface area (Å²) < 4.78 is 1.90. The second kappa shape index (κ2) is 2.42. The van der Waals surface area contributed by atoms with Crippen molar-refractivity contribution in [2.24, 2.45) is 0 Å². The number of nitrogen functional groups attached to an aromatic ring is 1. The van der Waals surface area contributed by atoms with Crippen LogP contribution in [-0.2, 0) is 0 Å². The molecule has 56 valence electrons. The number of nitrogens with zero attached hydrogens (tertiary/aromatic N) is 2. The summed E-state index contributed by atoms with van der Waals surface area (Å²) in [5, 5.41) is 0.578. The minimum absolute atomic E-state index is 0.578. The molecule has 2 aromatic heterocycles. The van der Waals surface area contributed by atoms with Crippen LogP contribution < -0.4 is 5.73 Å². The lowest BCUT2D eigenvalue weighted by atomic mass is 10.4. The van der Waals surface area contributed by atoms with E-state index >= 15 is 0 Å². The molecular formula is C6H4BrN3S. The standard InChI is InChI=1S/C6H4BrN3S/c7-3-1-9-2-4-5(3)10-6(8)11-4/h1-2H,(H2,8,10). The molecule has 0 aliphatic rings. The molecule has 2 aromatic rings. The fraction of sp³-hybridized carbons (Fsp3) is 0. The first-order valence-electron chi connectivity index (χ1n) is 2.93. The molecule has 0 aliphatic carbocycles. The molecule has 2 rings (SSSR count). The zero-order chi connectivity index (χ0) is 7.84.